The highest BCUT2D eigenvalue weighted by Crippen LogP contribution is 2.19. The van der Waals surface area contributed by atoms with Crippen molar-refractivity contribution in [1.82, 2.24) is 15.1 Å². The summed E-state index contributed by atoms with van der Waals surface area (Å²) in [6, 6.07) is 14.4. The molecular weight excluding hydrogens is 408 g/mol. The van der Waals surface area contributed by atoms with E-state index in [4.69, 9.17) is 0 Å². The van der Waals surface area contributed by atoms with E-state index in [0.29, 0.717) is 11.3 Å². The molecule has 2 N–H and O–H groups in total. The molecule has 1 heterocycles. The minimum atomic E-state index is -0.201. The van der Waals surface area contributed by atoms with E-state index in [-0.39, 0.29) is 17.9 Å². The average molecular weight is 427 g/mol. The summed E-state index contributed by atoms with van der Waals surface area (Å²) in [4.78, 5) is 23.7. The summed E-state index contributed by atoms with van der Waals surface area (Å²) in [6.07, 6.45) is 3.55. The second-order valence-corrected chi connectivity index (χ2v) is 7.07. The van der Waals surface area contributed by atoms with Crippen LogP contribution in [-0.4, -0.2) is 21.6 Å². The topological polar surface area (TPSA) is 76.0 Å². The van der Waals surface area contributed by atoms with Crippen LogP contribution in [0.2, 0.25) is 0 Å². The standard InChI is InChI=1S/C20H19BrN4O2/c1-13(16-4-3-5-18(10-16)24-14(2)26)23-20(27)15-6-8-19(9-7-15)25-12-17(21)11-22-25/h3-13H,1-2H3,(H,23,27)(H,24,26)/t13-/m1/s1. The van der Waals surface area contributed by atoms with Crippen molar-refractivity contribution in [3.8, 4) is 5.69 Å². The summed E-state index contributed by atoms with van der Waals surface area (Å²) < 4.78 is 2.61. The van der Waals surface area contributed by atoms with Crippen LogP contribution < -0.4 is 10.6 Å². The lowest BCUT2D eigenvalue weighted by Crippen LogP contribution is -2.26. The zero-order chi connectivity index (χ0) is 19.4. The molecule has 27 heavy (non-hydrogen) atoms. The van der Waals surface area contributed by atoms with Crippen molar-refractivity contribution in [2.75, 3.05) is 5.32 Å². The van der Waals surface area contributed by atoms with Gasteiger partial charge in [0.1, 0.15) is 0 Å². The SMILES string of the molecule is CC(=O)Nc1cccc([C@@H](C)NC(=O)c2ccc(-n3cc(Br)cn3)cc2)c1. The van der Waals surface area contributed by atoms with Crippen LogP contribution in [0.5, 0.6) is 0 Å². The van der Waals surface area contributed by atoms with E-state index in [0.717, 1.165) is 15.7 Å². The fourth-order valence-electron chi connectivity index (χ4n) is 2.66. The van der Waals surface area contributed by atoms with Gasteiger partial charge in [-0.15, -0.1) is 0 Å². The van der Waals surface area contributed by atoms with Crippen LogP contribution in [0.4, 0.5) is 5.69 Å². The van der Waals surface area contributed by atoms with E-state index in [1.54, 1.807) is 23.0 Å². The van der Waals surface area contributed by atoms with Crippen molar-refractivity contribution in [3.05, 3.63) is 76.5 Å². The molecule has 0 unspecified atom stereocenters. The van der Waals surface area contributed by atoms with E-state index < -0.39 is 0 Å². The number of nitrogens with zero attached hydrogens (tertiary/aromatic N) is 2. The molecule has 2 aromatic carbocycles. The zero-order valence-corrected chi connectivity index (χ0v) is 16.5. The highest BCUT2D eigenvalue weighted by molar-refractivity contribution is 9.10. The predicted octanol–water partition coefficient (Wildman–Crippen LogP) is 4.08. The third-order valence-electron chi connectivity index (χ3n) is 4.00. The maximum absolute atomic E-state index is 12.5. The van der Waals surface area contributed by atoms with Gasteiger partial charge >= 0.3 is 0 Å². The first-order valence-electron chi connectivity index (χ1n) is 8.41. The summed E-state index contributed by atoms with van der Waals surface area (Å²) in [6.45, 7) is 3.36. The molecule has 3 rings (SSSR count). The van der Waals surface area contributed by atoms with Gasteiger partial charge in [0.25, 0.3) is 5.91 Å². The van der Waals surface area contributed by atoms with Crippen molar-refractivity contribution in [3.63, 3.8) is 0 Å². The molecule has 0 bridgehead atoms. The van der Waals surface area contributed by atoms with Crippen LogP contribution >= 0.6 is 15.9 Å². The van der Waals surface area contributed by atoms with Crippen LogP contribution in [-0.2, 0) is 4.79 Å². The van der Waals surface area contributed by atoms with Gasteiger partial charge in [-0.1, -0.05) is 12.1 Å². The van der Waals surface area contributed by atoms with Gasteiger partial charge in [0, 0.05) is 24.4 Å². The molecular formula is C20H19BrN4O2. The third kappa shape index (κ3) is 4.83. The fourth-order valence-corrected chi connectivity index (χ4v) is 2.95. The number of benzene rings is 2. The molecule has 6 nitrogen and oxygen atoms in total. The summed E-state index contributed by atoms with van der Waals surface area (Å²) in [5.41, 5.74) is 3.05. The molecule has 0 aliphatic heterocycles. The highest BCUT2D eigenvalue weighted by Gasteiger charge is 2.12. The minimum absolute atomic E-state index is 0.131. The van der Waals surface area contributed by atoms with Gasteiger partial charge in [-0.3, -0.25) is 9.59 Å². The Morgan fingerprint density at radius 1 is 1.15 bits per heavy atom. The van der Waals surface area contributed by atoms with Gasteiger partial charge < -0.3 is 10.6 Å². The molecule has 0 spiro atoms. The number of aromatic nitrogens is 2. The molecule has 0 aliphatic carbocycles. The molecule has 0 aliphatic rings. The van der Waals surface area contributed by atoms with Crippen molar-refractivity contribution in [2.24, 2.45) is 0 Å². The molecule has 0 saturated heterocycles. The van der Waals surface area contributed by atoms with Crippen LogP contribution in [0.3, 0.4) is 0 Å². The predicted molar refractivity (Wildman–Crippen MR) is 108 cm³/mol. The third-order valence-corrected chi connectivity index (χ3v) is 4.41. The largest absolute Gasteiger partial charge is 0.346 e. The first-order chi connectivity index (χ1) is 12.9. The number of carbonyl (C=O) groups excluding carboxylic acids is 2. The Hall–Kier alpha value is -2.93. The molecule has 2 amide bonds. The molecule has 0 radical (unpaired) electrons. The Morgan fingerprint density at radius 2 is 1.89 bits per heavy atom. The smallest absolute Gasteiger partial charge is 0.251 e. The Balaban J connectivity index is 1.68. The quantitative estimate of drug-likeness (QED) is 0.644. The summed E-state index contributed by atoms with van der Waals surface area (Å²) in [7, 11) is 0. The zero-order valence-electron chi connectivity index (χ0n) is 14.9. The molecule has 1 atom stereocenters. The van der Waals surface area contributed by atoms with Gasteiger partial charge in [0.15, 0.2) is 0 Å². The molecule has 0 fully saturated rings. The van der Waals surface area contributed by atoms with Crippen LogP contribution in [0.25, 0.3) is 5.69 Å². The maximum Gasteiger partial charge on any atom is 0.251 e. The van der Waals surface area contributed by atoms with Crippen LogP contribution in [0, 0.1) is 0 Å². The number of amides is 2. The number of hydrogen-bond donors (Lipinski definition) is 2. The van der Waals surface area contributed by atoms with E-state index in [1.807, 2.05) is 49.5 Å². The number of nitrogens with one attached hydrogen (secondary N) is 2. The van der Waals surface area contributed by atoms with Gasteiger partial charge in [-0.25, -0.2) is 4.68 Å². The normalized spacial score (nSPS) is 11.7. The number of anilines is 1. The van der Waals surface area contributed by atoms with Crippen molar-refractivity contribution in [1.29, 1.82) is 0 Å². The van der Waals surface area contributed by atoms with Crippen LogP contribution in [0.15, 0.2) is 65.4 Å². The fraction of sp³-hybridized carbons (Fsp3) is 0.150. The van der Waals surface area contributed by atoms with Crippen molar-refractivity contribution < 1.29 is 9.59 Å². The second-order valence-electron chi connectivity index (χ2n) is 6.15. The summed E-state index contributed by atoms with van der Waals surface area (Å²) in [5.74, 6) is -0.297. The number of halogens is 1. The number of rotatable bonds is 5. The van der Waals surface area contributed by atoms with E-state index in [1.165, 1.54) is 6.92 Å². The Kier molecular flexibility index (Phi) is 5.71. The van der Waals surface area contributed by atoms with Crippen molar-refractivity contribution in [2.45, 2.75) is 19.9 Å². The Bertz CT molecular complexity index is 966. The lowest BCUT2D eigenvalue weighted by atomic mass is 10.1. The van der Waals surface area contributed by atoms with E-state index in [2.05, 4.69) is 31.7 Å². The minimum Gasteiger partial charge on any atom is -0.346 e. The Labute approximate surface area is 165 Å². The van der Waals surface area contributed by atoms with Gasteiger partial charge in [-0.05, 0) is 64.8 Å². The molecule has 7 heteroatoms. The Morgan fingerprint density at radius 3 is 2.52 bits per heavy atom. The van der Waals surface area contributed by atoms with E-state index in [9.17, 15) is 9.59 Å². The molecule has 3 aromatic rings. The second kappa shape index (κ2) is 8.18. The summed E-state index contributed by atoms with van der Waals surface area (Å²) in [5, 5.41) is 9.94. The van der Waals surface area contributed by atoms with Gasteiger partial charge in [0.05, 0.1) is 22.4 Å². The number of hydrogen-bond acceptors (Lipinski definition) is 3. The molecule has 138 valence electrons. The molecule has 1 aromatic heterocycles. The maximum atomic E-state index is 12.5. The first-order valence-corrected chi connectivity index (χ1v) is 9.21. The van der Waals surface area contributed by atoms with Crippen molar-refractivity contribution >= 4 is 33.4 Å². The lowest BCUT2D eigenvalue weighted by molar-refractivity contribution is -0.114. The van der Waals surface area contributed by atoms with Crippen LogP contribution in [0.1, 0.15) is 35.8 Å². The molecule has 0 saturated carbocycles. The average Bonchev–Trinajstić information content (AvgIpc) is 3.08. The van der Waals surface area contributed by atoms with Gasteiger partial charge in [0.2, 0.25) is 5.91 Å². The first kappa shape index (κ1) is 18.8. The lowest BCUT2D eigenvalue weighted by Gasteiger charge is -2.16. The summed E-state index contributed by atoms with van der Waals surface area (Å²) >= 11 is 3.36. The number of carbonyl (C=O) groups is 2. The van der Waals surface area contributed by atoms with E-state index >= 15 is 0 Å². The monoisotopic (exact) mass is 426 g/mol. The van der Waals surface area contributed by atoms with Gasteiger partial charge in [-0.2, -0.15) is 5.10 Å². The highest BCUT2D eigenvalue weighted by atomic mass is 79.9.